The molecule has 0 aliphatic carbocycles. The Labute approximate surface area is 129 Å². The summed E-state index contributed by atoms with van der Waals surface area (Å²) in [5.74, 6) is 1.05. The molecule has 1 aliphatic heterocycles. The fourth-order valence-corrected chi connectivity index (χ4v) is 2.72. The minimum atomic E-state index is 0.122. The minimum Gasteiger partial charge on any atom is -0.492 e. The fourth-order valence-electron chi connectivity index (χ4n) is 2.72. The predicted octanol–water partition coefficient (Wildman–Crippen LogP) is 2.92. The molecule has 0 unspecified atom stereocenters. The van der Waals surface area contributed by atoms with Crippen molar-refractivity contribution in [3.63, 3.8) is 0 Å². The summed E-state index contributed by atoms with van der Waals surface area (Å²) in [6.45, 7) is 15.3. The van der Waals surface area contributed by atoms with Gasteiger partial charge in [-0.25, -0.2) is 0 Å². The summed E-state index contributed by atoms with van der Waals surface area (Å²) in [6, 6.07) is 6.55. The number of hydrogen-bond acceptors (Lipinski definition) is 3. The maximum Gasteiger partial charge on any atom is 0.123 e. The topological polar surface area (TPSA) is 15.7 Å². The molecule has 0 N–H and O–H groups in total. The molecule has 21 heavy (non-hydrogen) atoms. The van der Waals surface area contributed by atoms with Crippen LogP contribution in [0.4, 0.5) is 0 Å². The van der Waals surface area contributed by atoms with Crippen molar-refractivity contribution in [3.05, 3.63) is 29.3 Å². The Kier molecular flexibility index (Phi) is 5.28. The first kappa shape index (κ1) is 16.3. The van der Waals surface area contributed by atoms with Crippen LogP contribution in [0.1, 0.15) is 31.9 Å². The van der Waals surface area contributed by atoms with E-state index in [4.69, 9.17) is 4.74 Å². The largest absolute Gasteiger partial charge is 0.492 e. The highest BCUT2D eigenvalue weighted by Crippen LogP contribution is 2.32. The van der Waals surface area contributed by atoms with E-state index in [9.17, 15) is 0 Å². The molecule has 2 rings (SSSR count). The Morgan fingerprint density at radius 2 is 1.76 bits per heavy atom. The third-order valence-corrected chi connectivity index (χ3v) is 4.21. The Hall–Kier alpha value is -1.06. The van der Waals surface area contributed by atoms with Crippen LogP contribution in [0.15, 0.2) is 18.2 Å². The van der Waals surface area contributed by atoms with Crippen molar-refractivity contribution in [1.82, 2.24) is 9.80 Å². The monoisotopic (exact) mass is 290 g/mol. The van der Waals surface area contributed by atoms with Gasteiger partial charge in [0.05, 0.1) is 0 Å². The minimum absolute atomic E-state index is 0.122. The van der Waals surface area contributed by atoms with E-state index in [0.717, 1.165) is 45.1 Å². The predicted molar refractivity (Wildman–Crippen MR) is 89.3 cm³/mol. The van der Waals surface area contributed by atoms with Crippen molar-refractivity contribution >= 4 is 0 Å². The molecule has 1 aromatic rings. The summed E-state index contributed by atoms with van der Waals surface area (Å²) >= 11 is 0. The first-order valence-corrected chi connectivity index (χ1v) is 8.01. The zero-order valence-electron chi connectivity index (χ0n) is 14.3. The van der Waals surface area contributed by atoms with Gasteiger partial charge in [-0.1, -0.05) is 32.9 Å². The number of piperazine rings is 1. The number of benzene rings is 1. The van der Waals surface area contributed by atoms with Gasteiger partial charge >= 0.3 is 0 Å². The van der Waals surface area contributed by atoms with E-state index in [-0.39, 0.29) is 5.41 Å². The third kappa shape index (κ3) is 4.72. The van der Waals surface area contributed by atoms with Gasteiger partial charge < -0.3 is 9.64 Å². The lowest BCUT2D eigenvalue weighted by Crippen LogP contribution is -2.45. The maximum absolute atomic E-state index is 6.12. The highest BCUT2D eigenvalue weighted by atomic mass is 16.5. The Balaban J connectivity index is 1.92. The summed E-state index contributed by atoms with van der Waals surface area (Å²) in [5, 5.41) is 0. The summed E-state index contributed by atoms with van der Waals surface area (Å²) in [4.78, 5) is 4.88. The van der Waals surface area contributed by atoms with E-state index >= 15 is 0 Å². The first-order chi connectivity index (χ1) is 9.86. The Morgan fingerprint density at radius 3 is 2.38 bits per heavy atom. The molecule has 0 spiro atoms. The quantitative estimate of drug-likeness (QED) is 0.848. The van der Waals surface area contributed by atoms with E-state index in [2.05, 4.69) is 62.7 Å². The van der Waals surface area contributed by atoms with E-state index in [1.807, 2.05) is 0 Å². The number of likely N-dealkylation sites (N-methyl/N-ethyl adjacent to an activating group) is 1. The Bertz CT molecular complexity index is 457. The molecule has 3 heteroatoms. The number of ether oxygens (including phenoxy) is 1. The summed E-state index contributed by atoms with van der Waals surface area (Å²) < 4.78 is 6.12. The van der Waals surface area contributed by atoms with Gasteiger partial charge in [0.2, 0.25) is 0 Å². The van der Waals surface area contributed by atoms with Gasteiger partial charge in [-0.05, 0) is 36.6 Å². The van der Waals surface area contributed by atoms with Gasteiger partial charge in [0, 0.05) is 32.7 Å². The second-order valence-corrected chi connectivity index (χ2v) is 7.24. The molecule has 1 aromatic carbocycles. The number of hydrogen-bond donors (Lipinski definition) is 0. The first-order valence-electron chi connectivity index (χ1n) is 8.01. The fraction of sp³-hybridized carbons (Fsp3) is 0.667. The number of nitrogens with zero attached hydrogens (tertiary/aromatic N) is 2. The van der Waals surface area contributed by atoms with Crippen LogP contribution < -0.4 is 4.74 Å². The van der Waals surface area contributed by atoms with Gasteiger partial charge in [-0.15, -0.1) is 0 Å². The lowest BCUT2D eigenvalue weighted by molar-refractivity contribution is 0.133. The van der Waals surface area contributed by atoms with Crippen LogP contribution in [-0.2, 0) is 5.41 Å². The molecule has 1 aliphatic rings. The molecular formula is C18H30N2O. The molecule has 118 valence electrons. The van der Waals surface area contributed by atoms with Crippen LogP contribution in [0.5, 0.6) is 5.75 Å². The second-order valence-electron chi connectivity index (χ2n) is 7.24. The second kappa shape index (κ2) is 6.80. The molecule has 0 amide bonds. The van der Waals surface area contributed by atoms with E-state index in [0.29, 0.717) is 0 Å². The third-order valence-electron chi connectivity index (χ3n) is 4.21. The van der Waals surface area contributed by atoms with Gasteiger partial charge in [0.25, 0.3) is 0 Å². The number of rotatable bonds is 4. The van der Waals surface area contributed by atoms with E-state index in [1.165, 1.54) is 11.1 Å². The van der Waals surface area contributed by atoms with E-state index < -0.39 is 0 Å². The van der Waals surface area contributed by atoms with Crippen molar-refractivity contribution in [2.24, 2.45) is 0 Å². The average Bonchev–Trinajstić information content (AvgIpc) is 2.40. The van der Waals surface area contributed by atoms with Crippen molar-refractivity contribution in [2.75, 3.05) is 46.4 Å². The molecule has 3 nitrogen and oxygen atoms in total. The van der Waals surface area contributed by atoms with Gasteiger partial charge in [-0.3, -0.25) is 4.90 Å². The normalized spacial score (nSPS) is 18.0. The Morgan fingerprint density at radius 1 is 1.10 bits per heavy atom. The average molecular weight is 290 g/mol. The standard InChI is InChI=1S/C18H30N2O/c1-15-6-7-16(18(2,3)4)17(14-15)21-13-12-20-10-8-19(5)9-11-20/h6-7,14H,8-13H2,1-5H3. The molecule has 0 saturated carbocycles. The van der Waals surface area contributed by atoms with Gasteiger partial charge in [0.1, 0.15) is 12.4 Å². The zero-order chi connectivity index (χ0) is 15.5. The summed E-state index contributed by atoms with van der Waals surface area (Å²) in [6.07, 6.45) is 0. The molecule has 0 bridgehead atoms. The molecule has 1 fully saturated rings. The van der Waals surface area contributed by atoms with Crippen molar-refractivity contribution in [2.45, 2.75) is 33.1 Å². The van der Waals surface area contributed by atoms with Crippen LogP contribution in [0.25, 0.3) is 0 Å². The summed E-state index contributed by atoms with van der Waals surface area (Å²) in [5.41, 5.74) is 2.68. The lowest BCUT2D eigenvalue weighted by atomic mass is 9.86. The van der Waals surface area contributed by atoms with Crippen LogP contribution >= 0.6 is 0 Å². The van der Waals surface area contributed by atoms with Gasteiger partial charge in [-0.2, -0.15) is 0 Å². The van der Waals surface area contributed by atoms with E-state index in [1.54, 1.807) is 0 Å². The molecule has 1 saturated heterocycles. The van der Waals surface area contributed by atoms with Crippen LogP contribution in [-0.4, -0.2) is 56.2 Å². The van der Waals surface area contributed by atoms with Crippen molar-refractivity contribution in [1.29, 1.82) is 0 Å². The van der Waals surface area contributed by atoms with Crippen LogP contribution in [0.3, 0.4) is 0 Å². The SMILES string of the molecule is Cc1ccc(C(C)(C)C)c(OCCN2CCN(C)CC2)c1. The highest BCUT2D eigenvalue weighted by Gasteiger charge is 2.19. The molecule has 0 radical (unpaired) electrons. The van der Waals surface area contributed by atoms with Gasteiger partial charge in [0.15, 0.2) is 0 Å². The number of aryl methyl sites for hydroxylation is 1. The highest BCUT2D eigenvalue weighted by molar-refractivity contribution is 5.41. The summed E-state index contributed by atoms with van der Waals surface area (Å²) in [7, 11) is 2.19. The molecular weight excluding hydrogens is 260 g/mol. The zero-order valence-corrected chi connectivity index (χ0v) is 14.3. The van der Waals surface area contributed by atoms with Crippen molar-refractivity contribution < 1.29 is 4.74 Å². The maximum atomic E-state index is 6.12. The van der Waals surface area contributed by atoms with Crippen molar-refractivity contribution in [3.8, 4) is 5.75 Å². The molecule has 1 heterocycles. The van der Waals surface area contributed by atoms with Crippen LogP contribution in [0.2, 0.25) is 0 Å². The lowest BCUT2D eigenvalue weighted by Gasteiger charge is -2.32. The smallest absolute Gasteiger partial charge is 0.123 e. The molecule has 0 atom stereocenters. The molecule has 0 aromatic heterocycles. The van der Waals surface area contributed by atoms with Crippen LogP contribution in [0, 0.1) is 6.92 Å².